The lowest BCUT2D eigenvalue weighted by molar-refractivity contribution is -0.127. The normalized spacial score (nSPS) is 15.2. The summed E-state index contributed by atoms with van der Waals surface area (Å²) < 4.78 is 7.90. The molecular formula is C19H19N5O2. The number of carbonyl (C=O) groups excluding carboxylic acids is 1. The molecule has 3 heterocycles. The molecule has 4 rings (SSSR count). The van der Waals surface area contributed by atoms with E-state index in [-0.39, 0.29) is 11.9 Å². The minimum Gasteiger partial charge on any atom is -0.437 e. The van der Waals surface area contributed by atoms with Crippen molar-refractivity contribution < 1.29 is 9.53 Å². The van der Waals surface area contributed by atoms with Gasteiger partial charge < -0.3 is 9.64 Å². The van der Waals surface area contributed by atoms with Crippen molar-refractivity contribution in [1.82, 2.24) is 24.6 Å². The number of ether oxygens (including phenoxy) is 1. The highest BCUT2D eigenvalue weighted by Gasteiger charge is 2.25. The lowest BCUT2D eigenvalue weighted by atomic mass is 10.1. The number of rotatable bonds is 4. The highest BCUT2D eigenvalue weighted by Crippen LogP contribution is 2.31. The fourth-order valence-corrected chi connectivity index (χ4v) is 3.27. The minimum absolute atomic E-state index is 0.0230. The maximum absolute atomic E-state index is 11.8. The molecule has 7 heteroatoms. The number of carbonyl (C=O) groups is 1. The van der Waals surface area contributed by atoms with Crippen molar-refractivity contribution in [3.8, 4) is 11.6 Å². The summed E-state index contributed by atoms with van der Waals surface area (Å²) in [6, 6.07) is 9.70. The van der Waals surface area contributed by atoms with E-state index in [1.807, 2.05) is 39.9 Å². The first-order valence-electron chi connectivity index (χ1n) is 8.58. The molecule has 0 bridgehead atoms. The Morgan fingerprint density at radius 3 is 2.69 bits per heavy atom. The van der Waals surface area contributed by atoms with Gasteiger partial charge in [-0.2, -0.15) is 10.1 Å². The smallest absolute Gasteiger partial charge is 0.248 e. The first-order valence-corrected chi connectivity index (χ1v) is 8.58. The van der Waals surface area contributed by atoms with E-state index in [4.69, 9.17) is 4.74 Å². The Hall–Kier alpha value is -3.22. The zero-order valence-corrected chi connectivity index (χ0v) is 14.3. The molecule has 0 aliphatic carbocycles. The number of benzene rings is 1. The predicted octanol–water partition coefficient (Wildman–Crippen LogP) is 2.97. The van der Waals surface area contributed by atoms with E-state index in [1.165, 1.54) is 12.4 Å². The molecule has 0 N–H and O–H groups in total. The van der Waals surface area contributed by atoms with Gasteiger partial charge in [-0.3, -0.25) is 9.48 Å². The van der Waals surface area contributed by atoms with E-state index in [0.717, 1.165) is 23.9 Å². The van der Waals surface area contributed by atoms with Gasteiger partial charge in [0.15, 0.2) is 0 Å². The van der Waals surface area contributed by atoms with Gasteiger partial charge in [-0.05, 0) is 31.1 Å². The van der Waals surface area contributed by atoms with Gasteiger partial charge >= 0.3 is 0 Å². The number of amides is 1. The van der Waals surface area contributed by atoms with Crippen molar-refractivity contribution >= 4 is 16.9 Å². The molecule has 1 amide bonds. The highest BCUT2D eigenvalue weighted by molar-refractivity contribution is 5.87. The van der Waals surface area contributed by atoms with Crippen molar-refractivity contribution in [1.29, 1.82) is 0 Å². The molecule has 7 nitrogen and oxygen atoms in total. The maximum atomic E-state index is 11.8. The van der Waals surface area contributed by atoms with Crippen LogP contribution < -0.4 is 4.74 Å². The number of piperidine rings is 1. The lowest BCUT2D eigenvalue weighted by Gasteiger charge is -2.31. The molecule has 0 atom stereocenters. The van der Waals surface area contributed by atoms with Crippen molar-refractivity contribution in [3.63, 3.8) is 0 Å². The summed E-state index contributed by atoms with van der Waals surface area (Å²) in [4.78, 5) is 22.2. The number of aromatic nitrogens is 4. The average Bonchev–Trinajstić information content (AvgIpc) is 3.13. The Morgan fingerprint density at radius 1 is 1.19 bits per heavy atom. The Morgan fingerprint density at radius 2 is 1.96 bits per heavy atom. The third kappa shape index (κ3) is 3.03. The number of para-hydroxylation sites is 1. The van der Waals surface area contributed by atoms with Gasteiger partial charge in [-0.15, -0.1) is 0 Å². The molecule has 1 fully saturated rings. The molecule has 0 saturated carbocycles. The third-order valence-electron chi connectivity index (χ3n) is 4.60. The van der Waals surface area contributed by atoms with Crippen LogP contribution in [0.5, 0.6) is 11.6 Å². The molecule has 132 valence electrons. The van der Waals surface area contributed by atoms with Gasteiger partial charge in [-0.1, -0.05) is 24.8 Å². The Labute approximate surface area is 150 Å². The zero-order valence-electron chi connectivity index (χ0n) is 14.3. The first-order chi connectivity index (χ1) is 12.8. The topological polar surface area (TPSA) is 73.1 Å². The monoisotopic (exact) mass is 349 g/mol. The van der Waals surface area contributed by atoms with E-state index >= 15 is 0 Å². The molecular weight excluding hydrogens is 330 g/mol. The second-order valence-electron chi connectivity index (χ2n) is 6.18. The van der Waals surface area contributed by atoms with Crippen LogP contribution in [-0.2, 0) is 4.79 Å². The van der Waals surface area contributed by atoms with Crippen LogP contribution in [0.15, 0.2) is 55.5 Å². The molecule has 2 aromatic heterocycles. The number of nitrogens with zero attached hydrogens (tertiary/aromatic N) is 5. The average molecular weight is 349 g/mol. The maximum Gasteiger partial charge on any atom is 0.248 e. The molecule has 0 unspecified atom stereocenters. The van der Waals surface area contributed by atoms with Crippen LogP contribution in [0.3, 0.4) is 0 Å². The van der Waals surface area contributed by atoms with Crippen LogP contribution in [0.1, 0.15) is 18.9 Å². The summed E-state index contributed by atoms with van der Waals surface area (Å²) in [6.45, 7) is 4.92. The summed E-state index contributed by atoms with van der Waals surface area (Å²) in [5.41, 5.74) is 1.53. The van der Waals surface area contributed by atoms with Crippen LogP contribution in [-0.4, -0.2) is 43.6 Å². The van der Waals surface area contributed by atoms with Gasteiger partial charge in [0.05, 0.1) is 12.2 Å². The standard InChI is InChI=1S/C19H19N5O2/c1-2-17(25)23-10-8-14(9-11-23)24-18-16(12-22-24)20-13-21-19(18)26-15-6-4-3-5-7-15/h2-7,12-14H,1,8-11H2. The number of likely N-dealkylation sites (tertiary alicyclic amines) is 1. The second-order valence-corrected chi connectivity index (χ2v) is 6.18. The van der Waals surface area contributed by atoms with Crippen LogP contribution in [0, 0.1) is 0 Å². The number of fused-ring (bicyclic) bond motifs is 1. The summed E-state index contributed by atoms with van der Waals surface area (Å²) in [6.07, 6.45) is 6.21. The Balaban J connectivity index is 1.62. The molecule has 3 aromatic rings. The fraction of sp³-hybridized carbons (Fsp3) is 0.263. The predicted molar refractivity (Wildman–Crippen MR) is 96.9 cm³/mol. The molecule has 1 aliphatic heterocycles. The third-order valence-corrected chi connectivity index (χ3v) is 4.60. The molecule has 26 heavy (non-hydrogen) atoms. The van der Waals surface area contributed by atoms with Crippen molar-refractivity contribution in [2.45, 2.75) is 18.9 Å². The van der Waals surface area contributed by atoms with Gasteiger partial charge in [0.1, 0.15) is 23.1 Å². The summed E-state index contributed by atoms with van der Waals surface area (Å²) in [5, 5.41) is 4.52. The molecule has 1 saturated heterocycles. The van der Waals surface area contributed by atoms with Crippen molar-refractivity contribution in [2.75, 3.05) is 13.1 Å². The molecule has 0 spiro atoms. The van der Waals surface area contributed by atoms with Crippen LogP contribution in [0.25, 0.3) is 11.0 Å². The SMILES string of the molecule is C=CC(=O)N1CCC(n2ncc3ncnc(Oc4ccccc4)c32)CC1. The van der Waals surface area contributed by atoms with Crippen LogP contribution in [0.4, 0.5) is 0 Å². The van der Waals surface area contributed by atoms with Gasteiger partial charge in [-0.25, -0.2) is 4.98 Å². The Kier molecular flexibility index (Phi) is 4.35. The van der Waals surface area contributed by atoms with E-state index < -0.39 is 0 Å². The summed E-state index contributed by atoms with van der Waals surface area (Å²) in [5.74, 6) is 1.18. The van der Waals surface area contributed by atoms with Crippen molar-refractivity contribution in [3.05, 3.63) is 55.5 Å². The van der Waals surface area contributed by atoms with E-state index in [0.29, 0.717) is 24.7 Å². The number of hydrogen-bond acceptors (Lipinski definition) is 5. The molecule has 1 aliphatic rings. The van der Waals surface area contributed by atoms with Gasteiger partial charge in [0, 0.05) is 13.1 Å². The van der Waals surface area contributed by atoms with Gasteiger partial charge in [0.2, 0.25) is 11.8 Å². The molecule has 1 aromatic carbocycles. The quantitative estimate of drug-likeness (QED) is 0.677. The highest BCUT2D eigenvalue weighted by atomic mass is 16.5. The fourth-order valence-electron chi connectivity index (χ4n) is 3.27. The molecule has 0 radical (unpaired) electrons. The Bertz CT molecular complexity index is 930. The summed E-state index contributed by atoms with van der Waals surface area (Å²) >= 11 is 0. The number of hydrogen-bond donors (Lipinski definition) is 0. The van der Waals surface area contributed by atoms with E-state index in [9.17, 15) is 4.79 Å². The van der Waals surface area contributed by atoms with E-state index in [2.05, 4.69) is 21.6 Å². The minimum atomic E-state index is -0.0230. The van der Waals surface area contributed by atoms with Crippen molar-refractivity contribution in [2.24, 2.45) is 0 Å². The van der Waals surface area contributed by atoms with E-state index in [1.54, 1.807) is 6.20 Å². The summed E-state index contributed by atoms with van der Waals surface area (Å²) in [7, 11) is 0. The second kappa shape index (κ2) is 6.95. The van der Waals surface area contributed by atoms with Gasteiger partial charge in [0.25, 0.3) is 0 Å². The largest absolute Gasteiger partial charge is 0.437 e. The van der Waals surface area contributed by atoms with Crippen LogP contribution in [0.2, 0.25) is 0 Å². The lowest BCUT2D eigenvalue weighted by Crippen LogP contribution is -2.38. The first kappa shape index (κ1) is 16.3. The zero-order chi connectivity index (χ0) is 17.9. The van der Waals surface area contributed by atoms with Crippen LogP contribution >= 0.6 is 0 Å².